The van der Waals surface area contributed by atoms with E-state index in [1.807, 2.05) is 42.5 Å². The van der Waals surface area contributed by atoms with Crippen LogP contribution in [-0.4, -0.2) is 85.4 Å². The quantitative estimate of drug-likeness (QED) is 0.0296. The van der Waals surface area contributed by atoms with Gasteiger partial charge in [-0.2, -0.15) is 0 Å². The summed E-state index contributed by atoms with van der Waals surface area (Å²) in [6.45, 7) is 7.12. The summed E-state index contributed by atoms with van der Waals surface area (Å²) in [5.41, 5.74) is 3.83. The molecule has 0 spiro atoms. The van der Waals surface area contributed by atoms with Crippen LogP contribution >= 0.6 is 0 Å². The van der Waals surface area contributed by atoms with E-state index >= 15 is 4.79 Å². The van der Waals surface area contributed by atoms with Crippen LogP contribution in [0.2, 0.25) is 0 Å². The van der Waals surface area contributed by atoms with Gasteiger partial charge in [-0.25, -0.2) is 4.79 Å². The minimum atomic E-state index is -1.48. The molecule has 6 atom stereocenters. The van der Waals surface area contributed by atoms with Crippen LogP contribution in [0.5, 0.6) is 28.7 Å². The number of ether oxygens (including phenoxy) is 6. The molecule has 0 saturated heterocycles. The first-order chi connectivity index (χ1) is 33.9. The average molecular weight is 951 g/mol. The molecule has 2 heterocycles. The number of aliphatic hydroxyl groups excluding tert-OH is 2. The molecule has 2 aliphatic heterocycles. The summed E-state index contributed by atoms with van der Waals surface area (Å²) in [7, 11) is 1.54. The average Bonchev–Trinajstić information content (AvgIpc) is 3.84. The molecule has 2 aliphatic carbocycles. The molecule has 0 aromatic heterocycles. The lowest BCUT2D eigenvalue weighted by Gasteiger charge is -2.59. The molecule has 2 N–H and O–H groups in total. The maximum atomic E-state index is 15.0. The summed E-state index contributed by atoms with van der Waals surface area (Å²) in [6.07, 6.45) is 20.6. The van der Waals surface area contributed by atoms with Crippen LogP contribution in [0.4, 0.5) is 4.79 Å². The van der Waals surface area contributed by atoms with Gasteiger partial charge in [0.25, 0.3) is 0 Å². The maximum absolute atomic E-state index is 15.0. The molecule has 13 heteroatoms. The van der Waals surface area contributed by atoms with Crippen molar-refractivity contribution < 1.29 is 53.1 Å². The Balaban J connectivity index is 1.31. The van der Waals surface area contributed by atoms with Crippen molar-refractivity contribution in [1.82, 2.24) is 4.90 Å². The van der Waals surface area contributed by atoms with Crippen LogP contribution in [0.1, 0.15) is 143 Å². The van der Waals surface area contributed by atoms with Crippen molar-refractivity contribution in [2.24, 2.45) is 22.9 Å². The molecule has 0 bridgehead atoms. The Morgan fingerprint density at radius 1 is 0.855 bits per heavy atom. The number of hydrogen-bond donors (Lipinski definition) is 2. The van der Waals surface area contributed by atoms with E-state index in [9.17, 15) is 15.0 Å². The van der Waals surface area contributed by atoms with Crippen molar-refractivity contribution in [3.8, 4) is 28.7 Å². The summed E-state index contributed by atoms with van der Waals surface area (Å²) in [4.78, 5) is 34.2. The fourth-order valence-electron chi connectivity index (χ4n) is 11.0. The molecular weight excluding hydrogens is 877 g/mol. The molecule has 13 nitrogen and oxygen atoms in total. The largest absolute Gasteiger partial charge is 0.459 e. The molecule has 1 fully saturated rings. The zero-order valence-corrected chi connectivity index (χ0v) is 40.8. The molecule has 0 unspecified atom stereocenters. The lowest BCUT2D eigenvalue weighted by atomic mass is 9.55. The molecule has 374 valence electrons. The summed E-state index contributed by atoms with van der Waals surface area (Å²) >= 11 is 0. The van der Waals surface area contributed by atoms with E-state index < -0.39 is 23.8 Å². The minimum Gasteiger partial charge on any atom is -0.459 e. The number of aliphatic hydroxyl groups is 2. The number of aldehydes is 1. The predicted octanol–water partition coefficient (Wildman–Crippen LogP) is 11.8. The first kappa shape index (κ1) is 51.5. The second-order valence-electron chi connectivity index (χ2n) is 18.9. The van der Waals surface area contributed by atoms with Crippen LogP contribution < -0.4 is 18.9 Å². The van der Waals surface area contributed by atoms with Crippen LogP contribution in [0, 0.1) is 17.8 Å². The van der Waals surface area contributed by atoms with Gasteiger partial charge >= 0.3 is 6.09 Å². The number of allylic oxidation sites excluding steroid dienone is 1. The van der Waals surface area contributed by atoms with Gasteiger partial charge in [-0.15, -0.1) is 6.58 Å². The zero-order valence-electron chi connectivity index (χ0n) is 40.8. The molecule has 3 aromatic rings. The smallest absolute Gasteiger partial charge is 0.410 e. The maximum Gasteiger partial charge on any atom is 0.410 e. The van der Waals surface area contributed by atoms with Gasteiger partial charge in [0.15, 0.2) is 11.5 Å². The first-order valence-electron chi connectivity index (χ1n) is 25.5. The third-order valence-corrected chi connectivity index (χ3v) is 14.2. The highest BCUT2D eigenvalue weighted by Crippen LogP contribution is 2.62. The normalized spacial score (nSPS) is 22.5. The second kappa shape index (κ2) is 26.0. The van der Waals surface area contributed by atoms with E-state index in [1.54, 1.807) is 29.2 Å². The second-order valence-corrected chi connectivity index (χ2v) is 18.9. The first-order valence-corrected chi connectivity index (χ1v) is 25.5. The summed E-state index contributed by atoms with van der Waals surface area (Å²) < 4.78 is 38.8. The standard InChI is InChI=1S/C56H74N2O11/c1-4-6-7-8-9-10-11-12-13-18-31-64-55(62)58(37-40-24-26-50-51(33-40)66-39-65-50)52-36-48(57-63-3)46-34-42(21-14-16-28-59)45(23-15-17-29-60)53-47-35-44(68-43-22-19-20-41(32-43)38-61)25-27-49(47)69-56(52,54(46)53)67-30-5-2/h5,19-20,22,24-27,32-35,38,42,45,52-54,59-60H,2,4,6-18,21,23,28-31,36-37,39H2,1,3H3/t42-,45+,52-,53+,54+,56+/m0/s1. The van der Waals surface area contributed by atoms with Crippen LogP contribution in [0.25, 0.3) is 0 Å². The Labute approximate surface area is 408 Å². The highest BCUT2D eigenvalue weighted by Gasteiger charge is 2.65. The van der Waals surface area contributed by atoms with Crippen molar-refractivity contribution in [2.45, 2.75) is 140 Å². The number of carbonyl (C=O) groups is 2. The van der Waals surface area contributed by atoms with Crippen molar-refractivity contribution in [3.05, 3.63) is 102 Å². The van der Waals surface area contributed by atoms with Gasteiger partial charge in [0.05, 0.1) is 24.8 Å². The summed E-state index contributed by atoms with van der Waals surface area (Å²) in [5.74, 6) is 0.725. The topological polar surface area (TPSA) is 155 Å². The number of unbranched alkanes of at least 4 members (excludes halogenated alkanes) is 11. The third-order valence-electron chi connectivity index (χ3n) is 14.2. The molecule has 1 amide bonds. The van der Waals surface area contributed by atoms with E-state index in [0.717, 1.165) is 67.9 Å². The van der Waals surface area contributed by atoms with E-state index in [2.05, 4.69) is 19.6 Å². The molecule has 7 rings (SSSR count). The minimum absolute atomic E-state index is 0.0140. The number of rotatable bonds is 29. The van der Waals surface area contributed by atoms with Crippen LogP contribution in [0.15, 0.2) is 90.1 Å². The fraction of sp³-hybridized carbons (Fsp3) is 0.554. The van der Waals surface area contributed by atoms with E-state index in [-0.39, 0.29) is 63.9 Å². The Morgan fingerprint density at radius 3 is 2.32 bits per heavy atom. The number of amides is 1. The summed E-state index contributed by atoms with van der Waals surface area (Å²) in [5, 5.41) is 24.7. The summed E-state index contributed by atoms with van der Waals surface area (Å²) in [6, 6.07) is 17.7. The zero-order chi connectivity index (χ0) is 48.4. The molecule has 1 saturated carbocycles. The van der Waals surface area contributed by atoms with Crippen molar-refractivity contribution >= 4 is 18.1 Å². The van der Waals surface area contributed by atoms with Gasteiger partial charge in [0.1, 0.15) is 36.7 Å². The van der Waals surface area contributed by atoms with Gasteiger partial charge in [-0.3, -0.25) is 9.69 Å². The van der Waals surface area contributed by atoms with Crippen molar-refractivity contribution in [2.75, 3.05) is 40.3 Å². The number of hydrogen-bond acceptors (Lipinski definition) is 12. The highest BCUT2D eigenvalue weighted by atomic mass is 16.7. The predicted molar refractivity (Wildman–Crippen MR) is 265 cm³/mol. The Bertz CT molecular complexity index is 2210. The molecule has 3 aromatic carbocycles. The highest BCUT2D eigenvalue weighted by molar-refractivity contribution is 6.03. The third kappa shape index (κ3) is 12.7. The van der Waals surface area contributed by atoms with Crippen LogP contribution in [-0.2, 0) is 20.9 Å². The van der Waals surface area contributed by atoms with Crippen molar-refractivity contribution in [3.63, 3.8) is 0 Å². The Morgan fingerprint density at radius 2 is 1.58 bits per heavy atom. The van der Waals surface area contributed by atoms with Gasteiger partial charge < -0.3 is 43.5 Å². The molecule has 0 radical (unpaired) electrons. The number of oxime groups is 1. The molecule has 4 aliphatic rings. The number of carbonyl (C=O) groups excluding carboxylic acids is 2. The lowest BCUT2D eigenvalue weighted by Crippen LogP contribution is -2.70. The van der Waals surface area contributed by atoms with Crippen molar-refractivity contribution in [1.29, 1.82) is 0 Å². The molecule has 69 heavy (non-hydrogen) atoms. The number of benzene rings is 3. The van der Waals surface area contributed by atoms with Gasteiger partial charge in [-0.05, 0) is 97.5 Å². The molecular formula is C56H74N2O11. The fourth-order valence-corrected chi connectivity index (χ4v) is 11.0. The van der Waals surface area contributed by atoms with Gasteiger partial charge in [0, 0.05) is 43.2 Å². The Kier molecular flexibility index (Phi) is 19.4. The van der Waals surface area contributed by atoms with Gasteiger partial charge in [0.2, 0.25) is 12.6 Å². The number of nitrogens with zero attached hydrogens (tertiary/aromatic N) is 2. The van der Waals surface area contributed by atoms with Crippen LogP contribution in [0.3, 0.4) is 0 Å². The van der Waals surface area contributed by atoms with E-state index in [0.29, 0.717) is 52.9 Å². The van der Waals surface area contributed by atoms with Gasteiger partial charge in [-0.1, -0.05) is 113 Å². The SMILES string of the molecule is C=CCO[C@@]12Oc3ccc(Oc4cccc(C=O)c4)cc3[C@H]3[C@H](CCCCO)[C@@H](CCCCO)C=C(C(=NOC)C[C@@H]1N(Cc1ccc4c(c1)OCO4)C(=O)OCCCCCCCCCCCC)[C@H]32. The lowest BCUT2D eigenvalue weighted by molar-refractivity contribution is -0.256. The monoisotopic (exact) mass is 951 g/mol. The number of fused-ring (bicyclic) bond motifs is 3. The van der Waals surface area contributed by atoms with E-state index in [1.165, 1.54) is 52.1 Å². The Hall–Kier alpha value is -5.37. The van der Waals surface area contributed by atoms with E-state index in [4.69, 9.17) is 38.4 Å².